The fourth-order valence-corrected chi connectivity index (χ4v) is 4.94. The van der Waals surface area contributed by atoms with E-state index in [4.69, 9.17) is 9.97 Å². The molecule has 0 spiro atoms. The molecule has 0 aliphatic carbocycles. The summed E-state index contributed by atoms with van der Waals surface area (Å²) in [5.74, 6) is 0.0982. The van der Waals surface area contributed by atoms with E-state index in [2.05, 4.69) is 46.4 Å². The number of fused-ring (bicyclic) bond motifs is 8. The van der Waals surface area contributed by atoms with Gasteiger partial charge in [0.1, 0.15) is 5.69 Å². The van der Waals surface area contributed by atoms with E-state index in [9.17, 15) is 5.11 Å². The Balaban J connectivity index is 1.61. The second kappa shape index (κ2) is 8.50. The van der Waals surface area contributed by atoms with Gasteiger partial charge < -0.3 is 15.1 Å². The lowest BCUT2D eigenvalue weighted by Gasteiger charge is -2.04. The highest BCUT2D eigenvalue weighted by Gasteiger charge is 2.15. The molecule has 37 heavy (non-hydrogen) atoms. The second-order valence-electron chi connectivity index (χ2n) is 9.06. The number of hydrogen-bond donors (Lipinski definition) is 3. The third-order valence-electron chi connectivity index (χ3n) is 6.67. The van der Waals surface area contributed by atoms with E-state index >= 15 is 0 Å². The molecule has 0 unspecified atom stereocenters. The van der Waals surface area contributed by atoms with Crippen molar-refractivity contribution in [3.8, 4) is 28.0 Å². The van der Waals surface area contributed by atoms with E-state index in [1.807, 2.05) is 78.9 Å². The Labute approximate surface area is 213 Å². The molecule has 0 fully saturated rings. The van der Waals surface area contributed by atoms with Gasteiger partial charge in [0.25, 0.3) is 0 Å². The van der Waals surface area contributed by atoms with E-state index in [1.54, 1.807) is 0 Å². The van der Waals surface area contributed by atoms with Crippen LogP contribution in [-0.4, -0.2) is 25.0 Å². The summed E-state index contributed by atoms with van der Waals surface area (Å²) in [6.45, 7) is 0. The average molecular weight is 479 g/mol. The van der Waals surface area contributed by atoms with Crippen LogP contribution in [0.5, 0.6) is 5.75 Å². The van der Waals surface area contributed by atoms with Crippen molar-refractivity contribution >= 4 is 46.4 Å². The zero-order chi connectivity index (χ0) is 24.8. The molecule has 0 saturated carbocycles. The van der Waals surface area contributed by atoms with Crippen LogP contribution in [-0.2, 0) is 0 Å². The molecule has 5 nitrogen and oxygen atoms in total. The number of hydrogen-bond acceptors (Lipinski definition) is 3. The first-order valence-electron chi connectivity index (χ1n) is 12.2. The van der Waals surface area contributed by atoms with Crippen LogP contribution in [0, 0.1) is 0 Å². The number of H-pyrrole nitrogens is 2. The topological polar surface area (TPSA) is 77.6 Å². The molecular formula is C32H22N4O. The standard InChI is InChI=1S/C32H22N4O/c37-32-28-17-15-26(35-28)30(20-7-3-1-4-8-20)24-13-11-22(33-24)19-23-12-14-25(34-23)31(21-9-5-2-6-10-21)27-16-18-29(32)36-27/h1-19,33,36-37H. The third-order valence-corrected chi connectivity index (χ3v) is 6.67. The largest absolute Gasteiger partial charge is 0.504 e. The summed E-state index contributed by atoms with van der Waals surface area (Å²) in [6.07, 6.45) is 7.87. The number of nitrogens with one attached hydrogen (secondary N) is 2. The van der Waals surface area contributed by atoms with E-state index in [-0.39, 0.29) is 5.75 Å². The molecule has 7 rings (SSSR count). The van der Waals surface area contributed by atoms with Crippen LogP contribution in [0.4, 0.5) is 0 Å². The first kappa shape index (κ1) is 21.1. The molecule has 5 heteroatoms. The summed E-state index contributed by atoms with van der Waals surface area (Å²) in [5, 5.41) is 11.2. The third kappa shape index (κ3) is 3.74. The van der Waals surface area contributed by atoms with Crippen molar-refractivity contribution in [2.45, 2.75) is 0 Å². The lowest BCUT2D eigenvalue weighted by atomic mass is 10.0. The summed E-state index contributed by atoms with van der Waals surface area (Å²) >= 11 is 0. The van der Waals surface area contributed by atoms with E-state index in [1.165, 1.54) is 0 Å². The minimum Gasteiger partial charge on any atom is -0.504 e. The summed E-state index contributed by atoms with van der Waals surface area (Å²) in [7, 11) is 0. The fourth-order valence-electron chi connectivity index (χ4n) is 4.94. The normalized spacial score (nSPS) is 12.2. The maximum Gasteiger partial charge on any atom is 0.165 e. The zero-order valence-corrected chi connectivity index (χ0v) is 19.8. The second-order valence-corrected chi connectivity index (χ2v) is 9.06. The first-order valence-corrected chi connectivity index (χ1v) is 12.2. The molecule has 3 N–H and O–H groups in total. The zero-order valence-electron chi connectivity index (χ0n) is 19.8. The molecule has 2 aliphatic rings. The van der Waals surface area contributed by atoms with Crippen LogP contribution >= 0.6 is 0 Å². The predicted octanol–water partition coefficient (Wildman–Crippen LogP) is 7.70. The van der Waals surface area contributed by atoms with Gasteiger partial charge in [-0.3, -0.25) is 0 Å². The number of aromatic nitrogens is 4. The van der Waals surface area contributed by atoms with Gasteiger partial charge in [-0.2, -0.15) is 0 Å². The van der Waals surface area contributed by atoms with Crippen molar-refractivity contribution in [1.82, 2.24) is 19.9 Å². The maximum atomic E-state index is 11.2. The van der Waals surface area contributed by atoms with Crippen molar-refractivity contribution in [2.24, 2.45) is 0 Å². The van der Waals surface area contributed by atoms with Crippen LogP contribution < -0.4 is 0 Å². The summed E-state index contributed by atoms with van der Waals surface area (Å²) in [6, 6.07) is 30.4. The van der Waals surface area contributed by atoms with E-state index in [0.29, 0.717) is 11.2 Å². The Hall–Kier alpha value is -5.16. The molecule has 0 saturated heterocycles. The fraction of sp³-hybridized carbons (Fsp3) is 0. The minimum atomic E-state index is 0.0982. The van der Waals surface area contributed by atoms with Crippen molar-refractivity contribution in [3.63, 3.8) is 0 Å². The summed E-state index contributed by atoms with van der Waals surface area (Å²) in [4.78, 5) is 16.7. The van der Waals surface area contributed by atoms with Gasteiger partial charge in [-0.05, 0) is 65.8 Å². The van der Waals surface area contributed by atoms with Crippen LogP contribution in [0.1, 0.15) is 22.8 Å². The smallest absolute Gasteiger partial charge is 0.165 e. The molecular weight excluding hydrogens is 456 g/mol. The van der Waals surface area contributed by atoms with E-state index in [0.717, 1.165) is 55.9 Å². The van der Waals surface area contributed by atoms with Gasteiger partial charge in [-0.25, -0.2) is 9.97 Å². The Kier molecular flexibility index (Phi) is 4.86. The highest BCUT2D eigenvalue weighted by molar-refractivity contribution is 5.94. The molecule has 0 amide bonds. The van der Waals surface area contributed by atoms with Crippen molar-refractivity contribution < 1.29 is 5.11 Å². The molecule has 0 radical (unpaired) electrons. The van der Waals surface area contributed by atoms with Gasteiger partial charge in [-0.15, -0.1) is 0 Å². The molecule has 5 aromatic rings. The molecule has 0 atom stereocenters. The van der Waals surface area contributed by atoms with Crippen LogP contribution in [0.2, 0.25) is 0 Å². The van der Waals surface area contributed by atoms with Gasteiger partial charge in [0.2, 0.25) is 0 Å². The minimum absolute atomic E-state index is 0.0982. The van der Waals surface area contributed by atoms with Gasteiger partial charge in [0.05, 0.1) is 22.6 Å². The molecule has 2 aromatic carbocycles. The average Bonchev–Trinajstić information content (AvgIpc) is 3.74. The molecule has 2 aliphatic heterocycles. The predicted molar refractivity (Wildman–Crippen MR) is 151 cm³/mol. The van der Waals surface area contributed by atoms with Gasteiger partial charge in [-0.1, -0.05) is 60.7 Å². The molecule has 176 valence electrons. The monoisotopic (exact) mass is 478 g/mol. The van der Waals surface area contributed by atoms with Crippen LogP contribution in [0.25, 0.3) is 68.6 Å². The summed E-state index contributed by atoms with van der Waals surface area (Å²) < 4.78 is 0. The van der Waals surface area contributed by atoms with Gasteiger partial charge in [0, 0.05) is 27.7 Å². The first-order chi connectivity index (χ1) is 18.2. The SMILES string of the molecule is Oc1c2nc(c(-c3ccccc3)c3ccc(cc4nc(c(-c5ccccc5)c5ccc1[nH]5)C=C4)[nH]3)C=C2. The quantitative estimate of drug-likeness (QED) is 0.238. The van der Waals surface area contributed by atoms with E-state index < -0.39 is 0 Å². The molecule has 8 bridgehead atoms. The number of aromatic hydroxyl groups is 1. The van der Waals surface area contributed by atoms with Gasteiger partial charge in [0.15, 0.2) is 5.75 Å². The van der Waals surface area contributed by atoms with Crippen molar-refractivity contribution in [3.05, 3.63) is 114 Å². The lowest BCUT2D eigenvalue weighted by Crippen LogP contribution is -1.86. The highest BCUT2D eigenvalue weighted by atomic mass is 16.3. The Morgan fingerprint density at radius 2 is 1.08 bits per heavy atom. The number of nitrogens with zero attached hydrogens (tertiary/aromatic N) is 2. The molecule has 5 heterocycles. The van der Waals surface area contributed by atoms with Crippen molar-refractivity contribution in [1.29, 1.82) is 0 Å². The highest BCUT2D eigenvalue weighted by Crippen LogP contribution is 2.34. The Morgan fingerprint density at radius 3 is 1.81 bits per heavy atom. The number of aromatic amines is 2. The Bertz CT molecular complexity index is 1840. The van der Waals surface area contributed by atoms with Crippen LogP contribution in [0.3, 0.4) is 0 Å². The van der Waals surface area contributed by atoms with Crippen LogP contribution in [0.15, 0.2) is 91.0 Å². The lowest BCUT2D eigenvalue weighted by molar-refractivity contribution is 0.477. The van der Waals surface area contributed by atoms with Gasteiger partial charge >= 0.3 is 0 Å². The Morgan fingerprint density at radius 1 is 0.514 bits per heavy atom. The number of benzene rings is 2. The number of rotatable bonds is 2. The molecule has 3 aromatic heterocycles. The maximum absolute atomic E-state index is 11.2. The summed E-state index contributed by atoms with van der Waals surface area (Å²) in [5.41, 5.74) is 10.4. The van der Waals surface area contributed by atoms with Crippen molar-refractivity contribution in [2.75, 3.05) is 0 Å².